The van der Waals surface area contributed by atoms with Gasteiger partial charge in [-0.05, 0) is 11.2 Å². The van der Waals surface area contributed by atoms with Gasteiger partial charge in [-0.15, -0.1) is 0 Å². The maximum absolute atomic E-state index is 5.50. The third-order valence-corrected chi connectivity index (χ3v) is 2.95. The normalized spacial score (nSPS) is 12.0. The van der Waals surface area contributed by atoms with Crippen molar-refractivity contribution < 1.29 is 18.9 Å². The number of methoxy groups -OCH3 is 1. The Morgan fingerprint density at radius 3 is 1.76 bits per heavy atom. The van der Waals surface area contributed by atoms with Crippen LogP contribution in [0.15, 0.2) is 0 Å². The highest BCUT2D eigenvalue weighted by Crippen LogP contribution is 2.16. The molecular formula is C12H26O4S. The van der Waals surface area contributed by atoms with Crippen molar-refractivity contribution >= 4 is 12.6 Å². The highest BCUT2D eigenvalue weighted by Gasteiger charge is 2.15. The van der Waals surface area contributed by atoms with E-state index in [1.54, 1.807) is 7.11 Å². The average Bonchev–Trinajstić information content (AvgIpc) is 2.31. The lowest BCUT2D eigenvalue weighted by Gasteiger charge is -2.21. The Kier molecular flexibility index (Phi) is 11.4. The fourth-order valence-corrected chi connectivity index (χ4v) is 1.07. The van der Waals surface area contributed by atoms with Crippen LogP contribution in [0.25, 0.3) is 0 Å². The first kappa shape index (κ1) is 17.2. The zero-order valence-corrected chi connectivity index (χ0v) is 12.1. The molecule has 0 radical (unpaired) electrons. The van der Waals surface area contributed by atoms with Crippen LogP contribution in [0.3, 0.4) is 0 Å². The maximum Gasteiger partial charge on any atom is 0.0701 e. The predicted molar refractivity (Wildman–Crippen MR) is 72.0 cm³/mol. The van der Waals surface area contributed by atoms with E-state index in [0.29, 0.717) is 46.2 Å². The minimum Gasteiger partial charge on any atom is -0.382 e. The molecule has 0 aliphatic heterocycles. The molecule has 0 rings (SSSR count). The third-order valence-electron chi connectivity index (χ3n) is 2.10. The van der Waals surface area contributed by atoms with Gasteiger partial charge in [0.1, 0.15) is 0 Å². The van der Waals surface area contributed by atoms with E-state index in [0.717, 1.165) is 5.75 Å². The van der Waals surface area contributed by atoms with Gasteiger partial charge in [-0.3, -0.25) is 0 Å². The summed E-state index contributed by atoms with van der Waals surface area (Å²) in [7, 11) is 1.66. The van der Waals surface area contributed by atoms with Crippen LogP contribution in [0.2, 0.25) is 0 Å². The first-order chi connectivity index (χ1) is 8.12. The van der Waals surface area contributed by atoms with Gasteiger partial charge in [0.15, 0.2) is 0 Å². The lowest BCUT2D eigenvalue weighted by atomic mass is 9.98. The van der Waals surface area contributed by atoms with Gasteiger partial charge in [0.2, 0.25) is 0 Å². The lowest BCUT2D eigenvalue weighted by Crippen LogP contribution is -2.22. The minimum absolute atomic E-state index is 0.131. The largest absolute Gasteiger partial charge is 0.382 e. The van der Waals surface area contributed by atoms with E-state index < -0.39 is 0 Å². The van der Waals surface area contributed by atoms with Gasteiger partial charge < -0.3 is 18.9 Å². The molecule has 0 spiro atoms. The van der Waals surface area contributed by atoms with Crippen LogP contribution in [-0.2, 0) is 18.9 Å². The monoisotopic (exact) mass is 266 g/mol. The summed E-state index contributed by atoms with van der Waals surface area (Å²) in [5.74, 6) is 0.821. The Balaban J connectivity index is 3.09. The SMILES string of the molecule is COCCOCCOCCOCC(C)(C)CS. The number of hydrogen-bond donors (Lipinski definition) is 1. The Labute approximate surface area is 110 Å². The van der Waals surface area contributed by atoms with E-state index in [4.69, 9.17) is 18.9 Å². The van der Waals surface area contributed by atoms with Gasteiger partial charge in [-0.1, -0.05) is 13.8 Å². The molecule has 17 heavy (non-hydrogen) atoms. The molecule has 0 aromatic carbocycles. The van der Waals surface area contributed by atoms with Gasteiger partial charge in [0.05, 0.1) is 46.2 Å². The molecule has 0 N–H and O–H groups in total. The van der Waals surface area contributed by atoms with Crippen molar-refractivity contribution in [1.29, 1.82) is 0 Å². The van der Waals surface area contributed by atoms with Crippen molar-refractivity contribution in [2.75, 3.05) is 59.1 Å². The first-order valence-electron chi connectivity index (χ1n) is 5.95. The van der Waals surface area contributed by atoms with Crippen molar-refractivity contribution in [2.45, 2.75) is 13.8 Å². The van der Waals surface area contributed by atoms with E-state index in [-0.39, 0.29) is 5.41 Å². The summed E-state index contributed by atoms with van der Waals surface area (Å²) < 4.78 is 21.0. The van der Waals surface area contributed by atoms with Gasteiger partial charge in [-0.25, -0.2) is 0 Å². The minimum atomic E-state index is 0.131. The summed E-state index contributed by atoms with van der Waals surface area (Å²) in [6.45, 7) is 8.65. The Morgan fingerprint density at radius 2 is 1.29 bits per heavy atom. The van der Waals surface area contributed by atoms with Crippen molar-refractivity contribution in [2.24, 2.45) is 5.41 Å². The van der Waals surface area contributed by atoms with Gasteiger partial charge >= 0.3 is 0 Å². The molecule has 4 nitrogen and oxygen atoms in total. The molecule has 0 aliphatic rings. The van der Waals surface area contributed by atoms with Crippen molar-refractivity contribution in [1.82, 2.24) is 0 Å². The van der Waals surface area contributed by atoms with Crippen LogP contribution in [0.5, 0.6) is 0 Å². The summed E-state index contributed by atoms with van der Waals surface area (Å²) in [5, 5.41) is 0. The highest BCUT2D eigenvalue weighted by molar-refractivity contribution is 7.80. The fraction of sp³-hybridized carbons (Fsp3) is 1.00. The Hall–Kier alpha value is 0.190. The number of hydrogen-bond acceptors (Lipinski definition) is 5. The second kappa shape index (κ2) is 11.3. The van der Waals surface area contributed by atoms with Crippen molar-refractivity contribution in [3.63, 3.8) is 0 Å². The maximum atomic E-state index is 5.50. The number of rotatable bonds is 12. The Bertz CT molecular complexity index is 165. The number of ether oxygens (including phenoxy) is 4. The summed E-state index contributed by atoms with van der Waals surface area (Å²) in [6, 6.07) is 0. The summed E-state index contributed by atoms with van der Waals surface area (Å²) in [5.41, 5.74) is 0.131. The summed E-state index contributed by atoms with van der Waals surface area (Å²) in [6.07, 6.45) is 0. The van der Waals surface area contributed by atoms with Gasteiger partial charge in [-0.2, -0.15) is 12.6 Å². The summed E-state index contributed by atoms with van der Waals surface area (Å²) >= 11 is 4.26. The molecule has 0 aromatic heterocycles. The molecule has 0 saturated carbocycles. The zero-order valence-electron chi connectivity index (χ0n) is 11.2. The van der Waals surface area contributed by atoms with Gasteiger partial charge in [0.25, 0.3) is 0 Å². The predicted octanol–water partition coefficient (Wildman–Crippen LogP) is 1.64. The molecule has 5 heteroatoms. The molecule has 0 atom stereocenters. The van der Waals surface area contributed by atoms with Crippen LogP contribution in [-0.4, -0.2) is 59.1 Å². The molecule has 0 aliphatic carbocycles. The van der Waals surface area contributed by atoms with Crippen LogP contribution >= 0.6 is 12.6 Å². The van der Waals surface area contributed by atoms with Crippen LogP contribution in [0, 0.1) is 5.41 Å². The van der Waals surface area contributed by atoms with E-state index >= 15 is 0 Å². The topological polar surface area (TPSA) is 36.9 Å². The average molecular weight is 266 g/mol. The van der Waals surface area contributed by atoms with Crippen LogP contribution in [0.1, 0.15) is 13.8 Å². The second-order valence-electron chi connectivity index (χ2n) is 4.59. The quantitative estimate of drug-likeness (QED) is 0.430. The molecule has 0 fully saturated rings. The van der Waals surface area contributed by atoms with Gasteiger partial charge in [0, 0.05) is 7.11 Å². The van der Waals surface area contributed by atoms with E-state index in [2.05, 4.69) is 26.5 Å². The van der Waals surface area contributed by atoms with Crippen LogP contribution in [0.4, 0.5) is 0 Å². The second-order valence-corrected chi connectivity index (χ2v) is 4.91. The molecule has 0 saturated heterocycles. The fourth-order valence-electron chi connectivity index (χ4n) is 0.976. The zero-order chi connectivity index (χ0) is 13.0. The molecule has 0 heterocycles. The highest BCUT2D eigenvalue weighted by atomic mass is 32.1. The molecular weight excluding hydrogens is 240 g/mol. The van der Waals surface area contributed by atoms with E-state index in [1.807, 2.05) is 0 Å². The number of thiol groups is 1. The third kappa shape index (κ3) is 12.4. The molecule has 0 bridgehead atoms. The van der Waals surface area contributed by atoms with Crippen molar-refractivity contribution in [3.8, 4) is 0 Å². The van der Waals surface area contributed by atoms with E-state index in [1.165, 1.54) is 0 Å². The Morgan fingerprint density at radius 1 is 0.824 bits per heavy atom. The lowest BCUT2D eigenvalue weighted by molar-refractivity contribution is -0.00683. The van der Waals surface area contributed by atoms with E-state index in [9.17, 15) is 0 Å². The van der Waals surface area contributed by atoms with Crippen LogP contribution < -0.4 is 0 Å². The molecule has 0 amide bonds. The van der Waals surface area contributed by atoms with Crippen molar-refractivity contribution in [3.05, 3.63) is 0 Å². The smallest absolute Gasteiger partial charge is 0.0701 e. The molecule has 0 aromatic rings. The first-order valence-corrected chi connectivity index (χ1v) is 6.58. The summed E-state index contributed by atoms with van der Waals surface area (Å²) in [4.78, 5) is 0. The standard InChI is InChI=1S/C12H26O4S/c1-12(2,11-17)10-16-9-8-15-7-6-14-5-4-13-3/h17H,4-11H2,1-3H3. The molecule has 0 unspecified atom stereocenters. The molecule has 104 valence electrons.